The van der Waals surface area contributed by atoms with Crippen molar-refractivity contribution in [2.24, 2.45) is 0 Å². The van der Waals surface area contributed by atoms with Crippen molar-refractivity contribution >= 4 is 38.6 Å². The predicted octanol–water partition coefficient (Wildman–Crippen LogP) is 15.0. The summed E-state index contributed by atoms with van der Waals surface area (Å²) in [5.74, 6) is 0. The zero-order valence-electron chi connectivity index (χ0n) is 33.0. The Balaban J connectivity index is 1.21. The molecular weight excluding hydrogens is 663 g/mol. The molecular formula is C54H47N. The molecule has 1 nitrogen and oxygen atoms in total. The molecule has 8 aromatic carbocycles. The van der Waals surface area contributed by atoms with Crippen LogP contribution in [0.5, 0.6) is 0 Å². The van der Waals surface area contributed by atoms with Gasteiger partial charge in [0.15, 0.2) is 0 Å². The first kappa shape index (κ1) is 33.6. The molecule has 0 amide bonds. The zero-order valence-corrected chi connectivity index (χ0v) is 33.0. The maximum absolute atomic E-state index is 2.51. The molecule has 2 aliphatic carbocycles. The molecule has 0 heterocycles. The van der Waals surface area contributed by atoms with Crippen LogP contribution in [0.4, 0.5) is 17.1 Å². The summed E-state index contributed by atoms with van der Waals surface area (Å²) in [4.78, 5) is 2.51. The fourth-order valence-corrected chi connectivity index (χ4v) is 9.70. The number of fused-ring (bicyclic) bond motifs is 8. The van der Waals surface area contributed by atoms with E-state index in [1.54, 1.807) is 0 Å². The summed E-state index contributed by atoms with van der Waals surface area (Å²) in [5, 5.41) is 5.08. The SMILES string of the molecule is CC(C)(C)c1ccc(N(c2ccc3c(c2)C(C)(C)c2cc4ccccc4cc2-3)c2ccc3ccccc3c2-c2ccc3c(c2)C(C)(C)c2ccccc2-3)cc1. The van der Waals surface area contributed by atoms with Crippen molar-refractivity contribution in [1.29, 1.82) is 0 Å². The number of hydrogen-bond donors (Lipinski definition) is 0. The summed E-state index contributed by atoms with van der Waals surface area (Å²) in [5.41, 5.74) is 18.0. The molecule has 268 valence electrons. The van der Waals surface area contributed by atoms with Gasteiger partial charge in [-0.25, -0.2) is 0 Å². The van der Waals surface area contributed by atoms with Crippen LogP contribution in [-0.2, 0) is 16.2 Å². The first-order chi connectivity index (χ1) is 26.4. The Kier molecular flexibility index (Phi) is 7.21. The zero-order chi connectivity index (χ0) is 37.9. The van der Waals surface area contributed by atoms with E-state index >= 15 is 0 Å². The third-order valence-corrected chi connectivity index (χ3v) is 12.8. The maximum atomic E-state index is 2.51. The average Bonchev–Trinajstić information content (AvgIpc) is 3.55. The second kappa shape index (κ2) is 11.8. The Morgan fingerprint density at radius 1 is 0.418 bits per heavy atom. The Bertz CT molecular complexity index is 2840. The van der Waals surface area contributed by atoms with Gasteiger partial charge in [-0.3, -0.25) is 0 Å². The summed E-state index contributed by atoms with van der Waals surface area (Å²) in [6.45, 7) is 16.4. The van der Waals surface area contributed by atoms with Gasteiger partial charge in [0, 0.05) is 27.8 Å². The normalized spacial score (nSPS) is 14.7. The van der Waals surface area contributed by atoms with Crippen molar-refractivity contribution < 1.29 is 0 Å². The highest BCUT2D eigenvalue weighted by atomic mass is 15.1. The minimum Gasteiger partial charge on any atom is -0.310 e. The van der Waals surface area contributed by atoms with Gasteiger partial charge in [0.2, 0.25) is 0 Å². The third-order valence-electron chi connectivity index (χ3n) is 12.8. The van der Waals surface area contributed by atoms with E-state index < -0.39 is 0 Å². The lowest BCUT2D eigenvalue weighted by atomic mass is 9.81. The molecule has 10 rings (SSSR count). The van der Waals surface area contributed by atoms with Crippen molar-refractivity contribution in [1.82, 2.24) is 0 Å². The van der Waals surface area contributed by atoms with Crippen molar-refractivity contribution in [2.45, 2.75) is 64.7 Å². The van der Waals surface area contributed by atoms with Gasteiger partial charge in [0.25, 0.3) is 0 Å². The van der Waals surface area contributed by atoms with E-state index in [1.807, 2.05) is 0 Å². The van der Waals surface area contributed by atoms with Crippen LogP contribution in [0, 0.1) is 0 Å². The fraction of sp³-hybridized carbons (Fsp3) is 0.185. The molecule has 1 heteroatoms. The molecule has 0 unspecified atom stereocenters. The van der Waals surface area contributed by atoms with E-state index in [2.05, 4.69) is 211 Å². The molecule has 0 aromatic heterocycles. The van der Waals surface area contributed by atoms with Crippen LogP contribution >= 0.6 is 0 Å². The molecule has 0 aliphatic heterocycles. The van der Waals surface area contributed by atoms with E-state index in [4.69, 9.17) is 0 Å². The van der Waals surface area contributed by atoms with E-state index in [0.717, 1.165) is 11.4 Å². The Hall–Kier alpha value is -5.92. The lowest BCUT2D eigenvalue weighted by molar-refractivity contribution is 0.590. The van der Waals surface area contributed by atoms with Crippen LogP contribution in [0.2, 0.25) is 0 Å². The lowest BCUT2D eigenvalue weighted by Gasteiger charge is -2.31. The number of hydrogen-bond acceptors (Lipinski definition) is 1. The minimum absolute atomic E-state index is 0.0547. The van der Waals surface area contributed by atoms with Gasteiger partial charge in [-0.1, -0.05) is 158 Å². The first-order valence-corrected chi connectivity index (χ1v) is 19.8. The highest BCUT2D eigenvalue weighted by molar-refractivity contribution is 6.06. The summed E-state index contributed by atoms with van der Waals surface area (Å²) in [6.07, 6.45) is 0. The number of anilines is 3. The summed E-state index contributed by atoms with van der Waals surface area (Å²) in [7, 11) is 0. The molecule has 0 atom stereocenters. The summed E-state index contributed by atoms with van der Waals surface area (Å²) >= 11 is 0. The fourth-order valence-electron chi connectivity index (χ4n) is 9.70. The van der Waals surface area contributed by atoms with Gasteiger partial charge in [0.05, 0.1) is 5.69 Å². The van der Waals surface area contributed by atoms with Crippen molar-refractivity contribution in [3.63, 3.8) is 0 Å². The van der Waals surface area contributed by atoms with E-state index in [-0.39, 0.29) is 16.2 Å². The van der Waals surface area contributed by atoms with E-state index in [1.165, 1.54) is 88.4 Å². The molecule has 8 aromatic rings. The van der Waals surface area contributed by atoms with Crippen LogP contribution in [0.25, 0.3) is 54.9 Å². The van der Waals surface area contributed by atoms with Crippen LogP contribution in [-0.4, -0.2) is 0 Å². The number of rotatable bonds is 4. The number of nitrogens with zero attached hydrogens (tertiary/aromatic N) is 1. The van der Waals surface area contributed by atoms with Crippen molar-refractivity contribution in [3.8, 4) is 33.4 Å². The minimum atomic E-state index is -0.154. The van der Waals surface area contributed by atoms with Gasteiger partial charge < -0.3 is 4.90 Å². The highest BCUT2D eigenvalue weighted by Crippen LogP contribution is 2.54. The topological polar surface area (TPSA) is 3.24 Å². The standard InChI is InChI=1S/C54H47N/c1-52(2,3)38-22-24-39(25-23-38)55(40-26-28-44-45-30-35-15-8-9-16-36(35)31-48(45)54(6,7)49(44)33-40)50-29-21-34-14-10-11-17-41(34)51(50)37-20-27-43-42-18-12-13-19-46(42)53(4,5)47(43)32-37/h8-33H,1-7H3. The van der Waals surface area contributed by atoms with Crippen LogP contribution in [0.15, 0.2) is 158 Å². The average molecular weight is 710 g/mol. The van der Waals surface area contributed by atoms with Gasteiger partial charge in [-0.05, 0) is 131 Å². The van der Waals surface area contributed by atoms with Crippen LogP contribution in [0.3, 0.4) is 0 Å². The molecule has 0 N–H and O–H groups in total. The van der Waals surface area contributed by atoms with Crippen LogP contribution < -0.4 is 4.90 Å². The smallest absolute Gasteiger partial charge is 0.0546 e. The Morgan fingerprint density at radius 3 is 1.75 bits per heavy atom. The Labute approximate surface area is 325 Å². The number of benzene rings is 8. The molecule has 0 bridgehead atoms. The highest BCUT2D eigenvalue weighted by Gasteiger charge is 2.38. The van der Waals surface area contributed by atoms with Gasteiger partial charge in [0.1, 0.15) is 0 Å². The van der Waals surface area contributed by atoms with E-state index in [0.29, 0.717) is 0 Å². The predicted molar refractivity (Wildman–Crippen MR) is 235 cm³/mol. The van der Waals surface area contributed by atoms with Gasteiger partial charge in [-0.15, -0.1) is 0 Å². The molecule has 0 saturated carbocycles. The van der Waals surface area contributed by atoms with Crippen molar-refractivity contribution in [3.05, 3.63) is 186 Å². The third kappa shape index (κ3) is 5.06. The van der Waals surface area contributed by atoms with Gasteiger partial charge in [-0.2, -0.15) is 0 Å². The molecule has 0 fully saturated rings. The van der Waals surface area contributed by atoms with Crippen molar-refractivity contribution in [2.75, 3.05) is 4.90 Å². The quantitative estimate of drug-likeness (QED) is 0.176. The second-order valence-electron chi connectivity index (χ2n) is 17.8. The largest absolute Gasteiger partial charge is 0.310 e. The first-order valence-electron chi connectivity index (χ1n) is 19.8. The maximum Gasteiger partial charge on any atom is 0.0546 e. The second-order valence-corrected chi connectivity index (χ2v) is 17.8. The molecule has 0 saturated heterocycles. The molecule has 0 spiro atoms. The molecule has 2 aliphatic rings. The van der Waals surface area contributed by atoms with Gasteiger partial charge >= 0.3 is 0 Å². The lowest BCUT2D eigenvalue weighted by Crippen LogP contribution is -2.17. The van der Waals surface area contributed by atoms with Crippen LogP contribution in [0.1, 0.15) is 76.3 Å². The molecule has 0 radical (unpaired) electrons. The monoisotopic (exact) mass is 709 g/mol. The summed E-state index contributed by atoms with van der Waals surface area (Å²) in [6, 6.07) is 59.7. The summed E-state index contributed by atoms with van der Waals surface area (Å²) < 4.78 is 0. The molecule has 55 heavy (non-hydrogen) atoms. The van der Waals surface area contributed by atoms with E-state index in [9.17, 15) is 0 Å². The Morgan fingerprint density at radius 2 is 0.982 bits per heavy atom.